The van der Waals surface area contributed by atoms with E-state index >= 15 is 0 Å². The molecule has 1 aliphatic heterocycles. The van der Waals surface area contributed by atoms with Gasteiger partial charge in [0, 0.05) is 13.1 Å². The van der Waals surface area contributed by atoms with Gasteiger partial charge in [0.25, 0.3) is 0 Å². The predicted octanol–water partition coefficient (Wildman–Crippen LogP) is 2.27. The van der Waals surface area contributed by atoms with E-state index in [2.05, 4.69) is 0 Å². The summed E-state index contributed by atoms with van der Waals surface area (Å²) in [4.78, 5) is 13.6. The zero-order valence-electron chi connectivity index (χ0n) is 12.6. The number of halogens is 4. The van der Waals surface area contributed by atoms with Gasteiger partial charge < -0.3 is 10.1 Å². The van der Waals surface area contributed by atoms with Crippen LogP contribution in [0.4, 0.5) is 17.6 Å². The second kappa shape index (κ2) is 7.27. The number of alkyl halides is 3. The molecule has 2 unspecified atom stereocenters. The van der Waals surface area contributed by atoms with Crippen LogP contribution in [-0.4, -0.2) is 49.3 Å². The molecule has 23 heavy (non-hydrogen) atoms. The molecule has 0 aromatic heterocycles. The minimum atomic E-state index is -4.44. The second-order valence-corrected chi connectivity index (χ2v) is 5.42. The topological polar surface area (TPSA) is 41.6 Å². The number of hydrogen-bond donors (Lipinski definition) is 1. The third kappa shape index (κ3) is 5.18. The number of rotatable bonds is 4. The number of carbonyl (C=O) groups excluding carboxylic acids is 1. The van der Waals surface area contributed by atoms with E-state index in [9.17, 15) is 22.4 Å². The van der Waals surface area contributed by atoms with Crippen molar-refractivity contribution in [2.24, 2.45) is 0 Å². The summed E-state index contributed by atoms with van der Waals surface area (Å²) in [5, 5.41) is 1.88. The summed E-state index contributed by atoms with van der Waals surface area (Å²) in [6.07, 6.45) is -4.86. The first-order valence-electron chi connectivity index (χ1n) is 7.22. The Balaban J connectivity index is 1.96. The van der Waals surface area contributed by atoms with Gasteiger partial charge in [0.2, 0.25) is 5.91 Å². The van der Waals surface area contributed by atoms with Gasteiger partial charge in [0.1, 0.15) is 12.4 Å². The molecule has 1 heterocycles. The molecule has 4 nitrogen and oxygen atoms in total. The zero-order chi connectivity index (χ0) is 17.0. The number of nitrogens with zero attached hydrogens (tertiary/aromatic N) is 1. The highest BCUT2D eigenvalue weighted by Crippen LogP contribution is 2.24. The van der Waals surface area contributed by atoms with Crippen molar-refractivity contribution in [1.29, 1.82) is 0 Å². The summed E-state index contributed by atoms with van der Waals surface area (Å²) in [5.74, 6) is -1.08. The third-order valence-corrected chi connectivity index (χ3v) is 3.71. The fraction of sp³-hybridized carbons (Fsp3) is 0.533. The molecular weight excluding hydrogens is 316 g/mol. The molecule has 8 heteroatoms. The molecule has 1 N–H and O–H groups in total. The Morgan fingerprint density at radius 2 is 2.22 bits per heavy atom. The van der Waals surface area contributed by atoms with Crippen LogP contribution in [0.3, 0.4) is 0 Å². The van der Waals surface area contributed by atoms with Crippen LogP contribution in [0.1, 0.15) is 18.6 Å². The first kappa shape index (κ1) is 17.7. The Hall–Kier alpha value is -1.67. The van der Waals surface area contributed by atoms with Gasteiger partial charge in [-0.3, -0.25) is 9.69 Å². The summed E-state index contributed by atoms with van der Waals surface area (Å²) in [5.41, 5.74) is 0.637. The quantitative estimate of drug-likeness (QED) is 0.859. The standard InChI is InChI=1S/C15H18F4N2O2/c1-10(14(22)20-9-15(17,18)19)21-5-6-23-13(8-21)11-3-2-4-12(16)7-11/h2-4,7,10,13H,5-6,8-9H2,1H3,(H,20,22). The number of amides is 1. The van der Waals surface area contributed by atoms with Crippen molar-refractivity contribution >= 4 is 5.91 Å². The minimum absolute atomic E-state index is 0.310. The lowest BCUT2D eigenvalue weighted by molar-refractivity contribution is -0.143. The molecule has 0 saturated carbocycles. The van der Waals surface area contributed by atoms with E-state index in [0.717, 1.165) is 0 Å². The molecule has 1 aromatic carbocycles. The number of benzene rings is 1. The molecule has 1 fully saturated rings. The maximum atomic E-state index is 13.3. The van der Waals surface area contributed by atoms with E-state index in [0.29, 0.717) is 25.3 Å². The maximum Gasteiger partial charge on any atom is 0.405 e. The van der Waals surface area contributed by atoms with Gasteiger partial charge in [-0.05, 0) is 24.6 Å². The Morgan fingerprint density at radius 1 is 1.48 bits per heavy atom. The molecule has 1 saturated heterocycles. The first-order valence-corrected chi connectivity index (χ1v) is 7.22. The zero-order valence-corrected chi connectivity index (χ0v) is 12.6. The van der Waals surface area contributed by atoms with Crippen LogP contribution < -0.4 is 5.32 Å². The van der Waals surface area contributed by atoms with Crippen molar-refractivity contribution in [3.8, 4) is 0 Å². The molecular formula is C15H18F4N2O2. The second-order valence-electron chi connectivity index (χ2n) is 5.42. The average Bonchev–Trinajstić information content (AvgIpc) is 2.51. The Bertz CT molecular complexity index is 551. The Morgan fingerprint density at radius 3 is 2.87 bits per heavy atom. The van der Waals surface area contributed by atoms with Gasteiger partial charge in [-0.1, -0.05) is 12.1 Å². The van der Waals surface area contributed by atoms with Gasteiger partial charge in [0.15, 0.2) is 0 Å². The van der Waals surface area contributed by atoms with Crippen LogP contribution in [0.2, 0.25) is 0 Å². The van der Waals surface area contributed by atoms with Crippen LogP contribution in [0.15, 0.2) is 24.3 Å². The van der Waals surface area contributed by atoms with Crippen molar-refractivity contribution in [1.82, 2.24) is 10.2 Å². The Kier molecular flexibility index (Phi) is 5.59. The molecule has 1 aromatic rings. The van der Waals surface area contributed by atoms with Crippen molar-refractivity contribution in [2.45, 2.75) is 25.2 Å². The minimum Gasteiger partial charge on any atom is -0.371 e. The Labute approximate surface area is 131 Å². The fourth-order valence-corrected chi connectivity index (χ4v) is 2.43. The monoisotopic (exact) mass is 334 g/mol. The number of ether oxygens (including phenoxy) is 1. The van der Waals surface area contributed by atoms with Crippen LogP contribution in [0.25, 0.3) is 0 Å². The molecule has 0 spiro atoms. The van der Waals surface area contributed by atoms with Gasteiger partial charge in [0.05, 0.1) is 18.8 Å². The number of carbonyl (C=O) groups is 1. The number of hydrogen-bond acceptors (Lipinski definition) is 3. The van der Waals surface area contributed by atoms with Gasteiger partial charge in [-0.2, -0.15) is 13.2 Å². The lowest BCUT2D eigenvalue weighted by Crippen LogP contribution is -2.51. The molecule has 1 amide bonds. The summed E-state index contributed by atoms with van der Waals surface area (Å²) in [6.45, 7) is 1.24. The molecule has 0 aliphatic carbocycles. The third-order valence-electron chi connectivity index (χ3n) is 3.71. The number of morpholine rings is 1. The molecule has 0 radical (unpaired) electrons. The largest absolute Gasteiger partial charge is 0.405 e. The van der Waals surface area contributed by atoms with Gasteiger partial charge >= 0.3 is 6.18 Å². The van der Waals surface area contributed by atoms with Crippen molar-refractivity contribution < 1.29 is 27.1 Å². The summed E-state index contributed by atoms with van der Waals surface area (Å²) in [7, 11) is 0. The SMILES string of the molecule is CC(C(=O)NCC(F)(F)F)N1CCOC(c2cccc(F)c2)C1. The maximum absolute atomic E-state index is 13.3. The van der Waals surface area contributed by atoms with Gasteiger partial charge in [-0.15, -0.1) is 0 Å². The molecule has 128 valence electrons. The van der Waals surface area contributed by atoms with Crippen molar-refractivity contribution in [3.63, 3.8) is 0 Å². The van der Waals surface area contributed by atoms with Crippen LogP contribution in [0, 0.1) is 5.82 Å². The average molecular weight is 334 g/mol. The normalized spacial score (nSPS) is 21.0. The van der Waals surface area contributed by atoms with Crippen LogP contribution in [0.5, 0.6) is 0 Å². The van der Waals surface area contributed by atoms with E-state index in [-0.39, 0.29) is 5.82 Å². The van der Waals surface area contributed by atoms with E-state index in [1.54, 1.807) is 24.0 Å². The van der Waals surface area contributed by atoms with E-state index < -0.39 is 30.8 Å². The highest BCUT2D eigenvalue weighted by Gasteiger charge is 2.32. The number of nitrogens with one attached hydrogen (secondary N) is 1. The van der Waals surface area contributed by atoms with Crippen molar-refractivity contribution in [2.75, 3.05) is 26.2 Å². The fourth-order valence-electron chi connectivity index (χ4n) is 2.43. The highest BCUT2D eigenvalue weighted by molar-refractivity contribution is 5.81. The van der Waals surface area contributed by atoms with Crippen LogP contribution in [-0.2, 0) is 9.53 Å². The van der Waals surface area contributed by atoms with Gasteiger partial charge in [-0.25, -0.2) is 4.39 Å². The molecule has 2 atom stereocenters. The molecule has 1 aliphatic rings. The van der Waals surface area contributed by atoms with E-state index in [1.165, 1.54) is 12.1 Å². The van der Waals surface area contributed by atoms with Crippen molar-refractivity contribution in [3.05, 3.63) is 35.6 Å². The summed E-state index contributed by atoms with van der Waals surface area (Å²) in [6, 6.07) is 5.22. The lowest BCUT2D eigenvalue weighted by Gasteiger charge is -2.36. The van der Waals surface area contributed by atoms with Crippen LogP contribution >= 0.6 is 0 Å². The summed E-state index contributed by atoms with van der Waals surface area (Å²) < 4.78 is 55.3. The van der Waals surface area contributed by atoms with E-state index in [4.69, 9.17) is 4.74 Å². The van der Waals surface area contributed by atoms with E-state index in [1.807, 2.05) is 5.32 Å². The molecule has 0 bridgehead atoms. The summed E-state index contributed by atoms with van der Waals surface area (Å²) >= 11 is 0. The first-order chi connectivity index (χ1) is 10.8. The molecule has 2 rings (SSSR count). The highest BCUT2D eigenvalue weighted by atomic mass is 19.4. The predicted molar refractivity (Wildman–Crippen MR) is 75.2 cm³/mol. The smallest absolute Gasteiger partial charge is 0.371 e. The lowest BCUT2D eigenvalue weighted by atomic mass is 10.1.